The van der Waals surface area contributed by atoms with Crippen molar-refractivity contribution in [3.63, 3.8) is 0 Å². The van der Waals surface area contributed by atoms with Crippen LogP contribution in [0.25, 0.3) is 0 Å². The van der Waals surface area contributed by atoms with Crippen molar-refractivity contribution in [2.24, 2.45) is 0 Å². The smallest absolute Gasteiger partial charge is 0.239 e. The van der Waals surface area contributed by atoms with Crippen molar-refractivity contribution in [1.82, 2.24) is 10.6 Å². The van der Waals surface area contributed by atoms with Crippen LogP contribution < -0.4 is 10.6 Å². The fraction of sp³-hybridized carbons (Fsp3) is 0.222. The number of hydrogen-bond donors (Lipinski definition) is 2. The molecule has 0 aliphatic carbocycles. The second kappa shape index (κ2) is 8.08. The molecule has 0 unspecified atom stereocenters. The molecule has 0 saturated carbocycles. The third-order valence-electron chi connectivity index (χ3n) is 3.49. The van der Waals surface area contributed by atoms with Crippen LogP contribution in [0.1, 0.15) is 16.7 Å². The van der Waals surface area contributed by atoms with Gasteiger partial charge in [0.1, 0.15) is 5.82 Å². The lowest BCUT2D eigenvalue weighted by molar-refractivity contribution is -0.125. The number of benzene rings is 2. The molecule has 0 heterocycles. The highest BCUT2D eigenvalue weighted by Gasteiger charge is 2.09. The molecule has 0 fully saturated rings. The fourth-order valence-corrected chi connectivity index (χ4v) is 2.12. The summed E-state index contributed by atoms with van der Waals surface area (Å²) in [5.41, 5.74) is 2.43. The fourth-order valence-electron chi connectivity index (χ4n) is 2.12. The van der Waals surface area contributed by atoms with E-state index in [4.69, 9.17) is 0 Å². The summed E-state index contributed by atoms with van der Waals surface area (Å²) < 4.78 is 13.4. The zero-order valence-electron chi connectivity index (χ0n) is 12.9. The van der Waals surface area contributed by atoms with Gasteiger partial charge in [0.2, 0.25) is 11.8 Å². The van der Waals surface area contributed by atoms with E-state index in [9.17, 15) is 14.0 Å². The van der Waals surface area contributed by atoms with Crippen molar-refractivity contribution >= 4 is 11.8 Å². The number of nitrogens with one attached hydrogen (secondary N) is 2. The minimum atomic E-state index is -0.424. The van der Waals surface area contributed by atoms with Gasteiger partial charge in [-0.3, -0.25) is 9.59 Å². The Bertz CT molecular complexity index is 701. The average Bonchev–Trinajstić information content (AvgIpc) is 2.54. The zero-order valence-corrected chi connectivity index (χ0v) is 12.9. The summed E-state index contributed by atoms with van der Waals surface area (Å²) in [7, 11) is 0. The van der Waals surface area contributed by atoms with Gasteiger partial charge in [-0.1, -0.05) is 42.5 Å². The number of hydrogen-bond acceptors (Lipinski definition) is 2. The lowest BCUT2D eigenvalue weighted by atomic mass is 10.1. The predicted octanol–water partition coefficient (Wildman–Crippen LogP) is 2.11. The van der Waals surface area contributed by atoms with E-state index in [2.05, 4.69) is 10.6 Å². The highest BCUT2D eigenvalue weighted by Crippen LogP contribution is 2.07. The number of carbonyl (C=O) groups is 2. The summed E-state index contributed by atoms with van der Waals surface area (Å²) in [5.74, 6) is -1.09. The summed E-state index contributed by atoms with van der Waals surface area (Å²) in [6, 6.07) is 13.8. The highest BCUT2D eigenvalue weighted by molar-refractivity contribution is 5.85. The van der Waals surface area contributed by atoms with Crippen LogP contribution in [0, 0.1) is 12.7 Å². The molecule has 0 saturated heterocycles. The van der Waals surface area contributed by atoms with Gasteiger partial charge in [0.25, 0.3) is 0 Å². The molecule has 0 aliphatic rings. The molecule has 5 heteroatoms. The normalized spacial score (nSPS) is 10.2. The van der Waals surface area contributed by atoms with Crippen LogP contribution in [0.3, 0.4) is 0 Å². The van der Waals surface area contributed by atoms with Gasteiger partial charge in [-0.15, -0.1) is 0 Å². The highest BCUT2D eigenvalue weighted by atomic mass is 19.1. The van der Waals surface area contributed by atoms with Crippen molar-refractivity contribution in [3.05, 3.63) is 71.0 Å². The third-order valence-corrected chi connectivity index (χ3v) is 3.49. The summed E-state index contributed by atoms with van der Waals surface area (Å²) in [6.07, 6.45) is -0.0856. The Kier molecular flexibility index (Phi) is 5.86. The third kappa shape index (κ3) is 5.21. The Morgan fingerprint density at radius 2 is 1.57 bits per heavy atom. The Hall–Kier alpha value is -2.69. The maximum absolute atomic E-state index is 13.4. The molecule has 2 amide bonds. The first-order valence-electron chi connectivity index (χ1n) is 7.37. The summed E-state index contributed by atoms with van der Waals surface area (Å²) in [4.78, 5) is 23.5. The number of aryl methyl sites for hydroxylation is 1. The summed E-state index contributed by atoms with van der Waals surface area (Å²) in [5, 5.41) is 5.23. The molecule has 0 spiro atoms. The minimum absolute atomic E-state index is 0.0856. The molecule has 2 aromatic rings. The van der Waals surface area contributed by atoms with Gasteiger partial charge in [-0.05, 0) is 29.7 Å². The second-order valence-corrected chi connectivity index (χ2v) is 5.25. The van der Waals surface area contributed by atoms with E-state index >= 15 is 0 Å². The first-order valence-corrected chi connectivity index (χ1v) is 7.37. The Morgan fingerprint density at radius 1 is 0.913 bits per heavy atom. The lowest BCUT2D eigenvalue weighted by Gasteiger charge is -2.09. The zero-order chi connectivity index (χ0) is 16.7. The van der Waals surface area contributed by atoms with Gasteiger partial charge in [-0.25, -0.2) is 4.39 Å². The van der Waals surface area contributed by atoms with E-state index in [1.807, 2.05) is 31.2 Å². The molecule has 120 valence electrons. The van der Waals surface area contributed by atoms with E-state index in [1.165, 1.54) is 6.07 Å². The number of amides is 2. The van der Waals surface area contributed by atoms with Gasteiger partial charge < -0.3 is 10.6 Å². The average molecular weight is 314 g/mol. The maximum atomic E-state index is 13.4. The van der Waals surface area contributed by atoms with Crippen molar-refractivity contribution in [1.29, 1.82) is 0 Å². The van der Waals surface area contributed by atoms with Gasteiger partial charge in [0, 0.05) is 6.54 Å². The number of rotatable bonds is 6. The van der Waals surface area contributed by atoms with Crippen LogP contribution >= 0.6 is 0 Å². The van der Waals surface area contributed by atoms with E-state index in [0.29, 0.717) is 12.1 Å². The Balaban J connectivity index is 1.75. The molecule has 2 rings (SSSR count). The molecule has 23 heavy (non-hydrogen) atoms. The van der Waals surface area contributed by atoms with E-state index < -0.39 is 5.82 Å². The first-order chi connectivity index (χ1) is 11.1. The lowest BCUT2D eigenvalue weighted by Crippen LogP contribution is -2.37. The number of halogens is 1. The Labute approximate surface area is 134 Å². The molecular formula is C18H19FN2O2. The molecular weight excluding hydrogens is 295 g/mol. The molecule has 0 radical (unpaired) electrons. The van der Waals surface area contributed by atoms with Crippen LogP contribution in [0.2, 0.25) is 0 Å². The van der Waals surface area contributed by atoms with E-state index in [-0.39, 0.29) is 24.8 Å². The summed E-state index contributed by atoms with van der Waals surface area (Å²) >= 11 is 0. The van der Waals surface area contributed by atoms with Crippen molar-refractivity contribution in [2.75, 3.05) is 6.54 Å². The minimum Gasteiger partial charge on any atom is -0.350 e. The molecule has 0 aromatic heterocycles. The molecule has 0 bridgehead atoms. The quantitative estimate of drug-likeness (QED) is 0.858. The second-order valence-electron chi connectivity index (χ2n) is 5.25. The van der Waals surface area contributed by atoms with Crippen LogP contribution in [0.5, 0.6) is 0 Å². The standard InChI is InChI=1S/C18H19FN2O2/c1-13-6-2-3-8-15(13)11-20-18(23)12-21-17(22)10-14-7-4-5-9-16(14)19/h2-9H,10-12H2,1H3,(H,20,23)(H,21,22). The van der Waals surface area contributed by atoms with Crippen LogP contribution in [-0.2, 0) is 22.6 Å². The Morgan fingerprint density at radius 3 is 2.26 bits per heavy atom. The molecule has 0 atom stereocenters. The maximum Gasteiger partial charge on any atom is 0.239 e. The van der Waals surface area contributed by atoms with Crippen LogP contribution in [0.15, 0.2) is 48.5 Å². The van der Waals surface area contributed by atoms with Crippen LogP contribution in [0.4, 0.5) is 4.39 Å². The van der Waals surface area contributed by atoms with Crippen molar-refractivity contribution in [2.45, 2.75) is 19.9 Å². The molecule has 2 aromatic carbocycles. The topological polar surface area (TPSA) is 58.2 Å². The molecule has 2 N–H and O–H groups in total. The number of carbonyl (C=O) groups excluding carboxylic acids is 2. The summed E-state index contributed by atoms with van der Waals surface area (Å²) in [6.45, 7) is 2.26. The van der Waals surface area contributed by atoms with E-state index in [0.717, 1.165) is 11.1 Å². The van der Waals surface area contributed by atoms with Gasteiger partial charge in [0.05, 0.1) is 13.0 Å². The first kappa shape index (κ1) is 16.7. The van der Waals surface area contributed by atoms with Crippen LogP contribution in [-0.4, -0.2) is 18.4 Å². The SMILES string of the molecule is Cc1ccccc1CNC(=O)CNC(=O)Cc1ccccc1F. The largest absolute Gasteiger partial charge is 0.350 e. The molecule has 0 aliphatic heterocycles. The van der Waals surface area contributed by atoms with E-state index in [1.54, 1.807) is 18.2 Å². The van der Waals surface area contributed by atoms with Crippen molar-refractivity contribution in [3.8, 4) is 0 Å². The van der Waals surface area contributed by atoms with Gasteiger partial charge >= 0.3 is 0 Å². The predicted molar refractivity (Wildman–Crippen MR) is 86.1 cm³/mol. The van der Waals surface area contributed by atoms with Crippen molar-refractivity contribution < 1.29 is 14.0 Å². The van der Waals surface area contributed by atoms with Gasteiger partial charge in [0.15, 0.2) is 0 Å². The molecule has 4 nitrogen and oxygen atoms in total. The monoisotopic (exact) mass is 314 g/mol. The van der Waals surface area contributed by atoms with Gasteiger partial charge in [-0.2, -0.15) is 0 Å².